The van der Waals surface area contributed by atoms with Crippen molar-refractivity contribution < 1.29 is 4.79 Å². The van der Waals surface area contributed by atoms with Gasteiger partial charge in [0.25, 0.3) is 0 Å². The minimum Gasteiger partial charge on any atom is -0.289 e. The summed E-state index contributed by atoms with van der Waals surface area (Å²) >= 11 is 16.8. The van der Waals surface area contributed by atoms with Gasteiger partial charge in [0.05, 0.1) is 5.88 Å². The highest BCUT2D eigenvalue weighted by molar-refractivity contribution is 6.27. The zero-order valence-corrected chi connectivity index (χ0v) is 9.03. The molecule has 1 rings (SSSR count). The van der Waals surface area contributed by atoms with Gasteiger partial charge in [0, 0.05) is 17.8 Å². The summed E-state index contributed by atoms with van der Waals surface area (Å²) in [4.78, 5) is 11.3. The Bertz CT molecular complexity index is 308. The molecule has 0 atom stereocenters. The lowest BCUT2D eigenvalue weighted by molar-refractivity contribution is 0.0938. The fourth-order valence-corrected chi connectivity index (χ4v) is 1.75. The Balaban J connectivity index is 3.07. The molecule has 0 fully saturated rings. The van der Waals surface area contributed by atoms with Crippen molar-refractivity contribution >= 4 is 40.7 Å². The summed E-state index contributed by atoms with van der Waals surface area (Å²) in [6.07, 6.45) is 1.64. The molecular formula is C8H8Cl3NO. The SMILES string of the molecule is O=C(CCl)n1ccc(CCl)c1CCl. The molecule has 1 aromatic heterocycles. The number of carbonyl (C=O) groups excluding carboxylic acids is 1. The van der Waals surface area contributed by atoms with E-state index in [1.54, 1.807) is 12.3 Å². The van der Waals surface area contributed by atoms with Gasteiger partial charge in [0.2, 0.25) is 5.91 Å². The molecule has 0 aliphatic rings. The molecule has 0 saturated carbocycles. The smallest absolute Gasteiger partial charge is 0.245 e. The average Bonchev–Trinajstić information content (AvgIpc) is 2.58. The van der Waals surface area contributed by atoms with Crippen molar-refractivity contribution in [2.45, 2.75) is 11.8 Å². The van der Waals surface area contributed by atoms with Crippen molar-refractivity contribution in [3.05, 3.63) is 23.5 Å². The second-order valence-corrected chi connectivity index (χ2v) is 3.25. The van der Waals surface area contributed by atoms with E-state index in [1.165, 1.54) is 4.57 Å². The largest absolute Gasteiger partial charge is 0.289 e. The third-order valence-corrected chi connectivity index (χ3v) is 2.51. The molecular weight excluding hydrogens is 232 g/mol. The summed E-state index contributed by atoms with van der Waals surface area (Å²) in [5.41, 5.74) is 1.59. The second-order valence-electron chi connectivity index (χ2n) is 2.45. The highest BCUT2D eigenvalue weighted by atomic mass is 35.5. The van der Waals surface area contributed by atoms with Gasteiger partial charge >= 0.3 is 0 Å². The predicted octanol–water partition coefficient (Wildman–Crippen LogP) is 2.84. The van der Waals surface area contributed by atoms with Crippen LogP contribution in [-0.4, -0.2) is 16.4 Å². The Morgan fingerprint density at radius 3 is 2.46 bits per heavy atom. The lowest BCUT2D eigenvalue weighted by Crippen LogP contribution is -2.13. The highest BCUT2D eigenvalue weighted by Gasteiger charge is 2.11. The molecule has 72 valence electrons. The molecule has 0 bridgehead atoms. The average molecular weight is 241 g/mol. The van der Waals surface area contributed by atoms with Gasteiger partial charge in [0.15, 0.2) is 0 Å². The van der Waals surface area contributed by atoms with Crippen LogP contribution in [-0.2, 0) is 11.8 Å². The van der Waals surface area contributed by atoms with Crippen LogP contribution >= 0.6 is 34.8 Å². The molecule has 13 heavy (non-hydrogen) atoms. The molecule has 1 aromatic rings. The van der Waals surface area contributed by atoms with Gasteiger partial charge in [-0.25, -0.2) is 0 Å². The number of nitrogens with zero attached hydrogens (tertiary/aromatic N) is 1. The molecule has 0 spiro atoms. The number of halogens is 3. The molecule has 0 unspecified atom stereocenters. The maximum Gasteiger partial charge on any atom is 0.245 e. The summed E-state index contributed by atoms with van der Waals surface area (Å²) < 4.78 is 1.44. The molecule has 0 saturated heterocycles. The van der Waals surface area contributed by atoms with Crippen molar-refractivity contribution in [2.75, 3.05) is 5.88 Å². The van der Waals surface area contributed by atoms with Crippen molar-refractivity contribution in [3.8, 4) is 0 Å². The molecule has 2 nitrogen and oxygen atoms in total. The molecule has 0 N–H and O–H groups in total. The fourth-order valence-electron chi connectivity index (χ4n) is 1.08. The van der Waals surface area contributed by atoms with Crippen LogP contribution in [0.2, 0.25) is 0 Å². The number of hydrogen-bond donors (Lipinski definition) is 0. The zero-order chi connectivity index (χ0) is 9.84. The van der Waals surface area contributed by atoms with Crippen molar-refractivity contribution in [1.82, 2.24) is 4.57 Å². The maximum absolute atomic E-state index is 11.3. The maximum atomic E-state index is 11.3. The molecule has 0 aliphatic heterocycles. The van der Waals surface area contributed by atoms with Crippen LogP contribution in [0.25, 0.3) is 0 Å². The Morgan fingerprint density at radius 1 is 1.31 bits per heavy atom. The first kappa shape index (κ1) is 10.9. The topological polar surface area (TPSA) is 22.0 Å². The predicted molar refractivity (Wildman–Crippen MR) is 54.9 cm³/mol. The van der Waals surface area contributed by atoms with Crippen LogP contribution in [0.4, 0.5) is 0 Å². The minimum atomic E-state index is -0.186. The quantitative estimate of drug-likeness (QED) is 0.745. The van der Waals surface area contributed by atoms with Crippen LogP contribution in [0.5, 0.6) is 0 Å². The Labute approximate surface area is 91.4 Å². The van der Waals surface area contributed by atoms with Crippen molar-refractivity contribution in [1.29, 1.82) is 0 Å². The fraction of sp³-hybridized carbons (Fsp3) is 0.375. The second kappa shape index (κ2) is 4.89. The monoisotopic (exact) mass is 239 g/mol. The summed E-state index contributed by atoms with van der Waals surface area (Å²) in [5.74, 6) is 0.372. The van der Waals surface area contributed by atoms with Crippen LogP contribution in [0.1, 0.15) is 16.1 Å². The third-order valence-electron chi connectivity index (χ3n) is 1.74. The lowest BCUT2D eigenvalue weighted by atomic mass is 10.3. The molecule has 5 heteroatoms. The van der Waals surface area contributed by atoms with Crippen LogP contribution in [0, 0.1) is 0 Å². The first-order chi connectivity index (χ1) is 6.24. The normalized spacial score (nSPS) is 10.4. The molecule has 0 amide bonds. The van der Waals surface area contributed by atoms with E-state index in [1.807, 2.05) is 0 Å². The number of hydrogen-bond acceptors (Lipinski definition) is 1. The molecule has 0 radical (unpaired) electrons. The minimum absolute atomic E-state index is 0.0553. The number of rotatable bonds is 3. The Morgan fingerprint density at radius 2 is 2.00 bits per heavy atom. The van der Waals surface area contributed by atoms with E-state index in [4.69, 9.17) is 34.8 Å². The summed E-state index contributed by atoms with van der Waals surface area (Å²) in [6.45, 7) is 0. The lowest BCUT2D eigenvalue weighted by Gasteiger charge is -2.04. The summed E-state index contributed by atoms with van der Waals surface area (Å²) in [7, 11) is 0. The van der Waals surface area contributed by atoms with Gasteiger partial charge < -0.3 is 0 Å². The Hall–Kier alpha value is -0.180. The number of aromatic nitrogens is 1. The van der Waals surface area contributed by atoms with Crippen molar-refractivity contribution in [2.24, 2.45) is 0 Å². The molecule has 0 aliphatic carbocycles. The summed E-state index contributed by atoms with van der Waals surface area (Å²) in [6, 6.07) is 1.77. The number of carbonyl (C=O) groups is 1. The first-order valence-electron chi connectivity index (χ1n) is 3.64. The van der Waals surface area contributed by atoms with E-state index in [2.05, 4.69) is 0 Å². The van der Waals surface area contributed by atoms with E-state index in [0.717, 1.165) is 11.3 Å². The van der Waals surface area contributed by atoms with E-state index in [0.29, 0.717) is 5.88 Å². The number of alkyl halides is 3. The van der Waals surface area contributed by atoms with E-state index in [-0.39, 0.29) is 17.7 Å². The van der Waals surface area contributed by atoms with Gasteiger partial charge in [-0.2, -0.15) is 0 Å². The van der Waals surface area contributed by atoms with Gasteiger partial charge in [-0.3, -0.25) is 9.36 Å². The van der Waals surface area contributed by atoms with Crippen LogP contribution in [0.3, 0.4) is 0 Å². The Kier molecular flexibility index (Phi) is 4.10. The zero-order valence-electron chi connectivity index (χ0n) is 6.77. The van der Waals surface area contributed by atoms with Crippen LogP contribution in [0.15, 0.2) is 12.3 Å². The summed E-state index contributed by atoms with van der Waals surface area (Å²) in [5, 5.41) is 0. The molecule has 1 heterocycles. The van der Waals surface area contributed by atoms with Gasteiger partial charge in [-0.05, 0) is 11.6 Å². The van der Waals surface area contributed by atoms with Gasteiger partial charge in [-0.1, -0.05) is 0 Å². The molecule has 0 aromatic carbocycles. The van der Waals surface area contributed by atoms with E-state index in [9.17, 15) is 4.79 Å². The first-order valence-corrected chi connectivity index (χ1v) is 5.25. The van der Waals surface area contributed by atoms with Gasteiger partial charge in [0.1, 0.15) is 5.88 Å². The van der Waals surface area contributed by atoms with E-state index >= 15 is 0 Å². The third kappa shape index (κ3) is 2.19. The van der Waals surface area contributed by atoms with E-state index < -0.39 is 0 Å². The van der Waals surface area contributed by atoms with Gasteiger partial charge in [-0.15, -0.1) is 34.8 Å². The highest BCUT2D eigenvalue weighted by Crippen LogP contribution is 2.16. The standard InChI is InChI=1S/C8H8Cl3NO/c9-3-6-1-2-12(7(6)4-10)8(13)5-11/h1-2H,3-5H2. The van der Waals surface area contributed by atoms with Crippen molar-refractivity contribution in [3.63, 3.8) is 0 Å². The van der Waals surface area contributed by atoms with Crippen LogP contribution < -0.4 is 0 Å².